The van der Waals surface area contributed by atoms with Gasteiger partial charge in [-0.05, 0) is 32.9 Å². The van der Waals surface area contributed by atoms with Crippen LogP contribution in [0.2, 0.25) is 0 Å². The molecule has 4 heteroatoms. The number of ether oxygens (including phenoxy) is 1. The molecule has 0 aliphatic rings. The van der Waals surface area contributed by atoms with Gasteiger partial charge >= 0.3 is 0 Å². The number of rotatable bonds is 5. The van der Waals surface area contributed by atoms with Crippen LogP contribution in [-0.4, -0.2) is 18.7 Å². The maximum Gasteiger partial charge on any atom is 0.190 e. The maximum absolute atomic E-state index is 13.3. The van der Waals surface area contributed by atoms with Crippen LogP contribution in [0.5, 0.6) is 5.75 Å². The Morgan fingerprint density at radius 1 is 1.22 bits per heavy atom. The Kier molecular flexibility index (Phi) is 5.08. The van der Waals surface area contributed by atoms with E-state index in [1.54, 1.807) is 0 Å². The van der Waals surface area contributed by atoms with Crippen molar-refractivity contribution in [2.45, 2.75) is 33.2 Å². The molecule has 2 nitrogen and oxygen atoms in total. The lowest BCUT2D eigenvalue weighted by Gasteiger charge is -2.23. The molecule has 1 aromatic carbocycles. The molecule has 0 saturated carbocycles. The number of nitrogens with one attached hydrogen (secondary N) is 1. The predicted molar refractivity (Wildman–Crippen MR) is 68.8 cm³/mol. The van der Waals surface area contributed by atoms with Gasteiger partial charge in [-0.1, -0.05) is 13.0 Å². The summed E-state index contributed by atoms with van der Waals surface area (Å²) in [4.78, 5) is 0. The van der Waals surface area contributed by atoms with Crippen molar-refractivity contribution in [3.05, 3.63) is 29.8 Å². The molecule has 0 radical (unpaired) electrons. The van der Waals surface area contributed by atoms with Crippen molar-refractivity contribution in [1.82, 2.24) is 5.32 Å². The zero-order valence-corrected chi connectivity index (χ0v) is 11.4. The van der Waals surface area contributed by atoms with E-state index in [9.17, 15) is 8.78 Å². The molecule has 1 N–H and O–H groups in total. The standard InChI is InChI=1S/C14H21F2NO/c1-10(8-17-14(2,3)4)9-18-13-11(15)6-5-7-12(13)16/h5-7,10,17H,8-9H2,1-4H3. The van der Waals surface area contributed by atoms with E-state index < -0.39 is 11.6 Å². The van der Waals surface area contributed by atoms with Crippen LogP contribution < -0.4 is 10.1 Å². The normalized spacial score (nSPS) is 13.4. The highest BCUT2D eigenvalue weighted by atomic mass is 19.1. The van der Waals surface area contributed by atoms with Gasteiger partial charge in [-0.3, -0.25) is 0 Å². The average Bonchev–Trinajstić information content (AvgIpc) is 2.25. The van der Waals surface area contributed by atoms with Crippen molar-refractivity contribution < 1.29 is 13.5 Å². The molecule has 0 bridgehead atoms. The van der Waals surface area contributed by atoms with E-state index in [4.69, 9.17) is 4.74 Å². The lowest BCUT2D eigenvalue weighted by atomic mass is 10.1. The summed E-state index contributed by atoms with van der Waals surface area (Å²) in [6.07, 6.45) is 0. The zero-order chi connectivity index (χ0) is 13.8. The minimum absolute atomic E-state index is 0.0253. The third kappa shape index (κ3) is 5.00. The minimum Gasteiger partial charge on any atom is -0.487 e. The van der Waals surface area contributed by atoms with Gasteiger partial charge in [0.25, 0.3) is 0 Å². The van der Waals surface area contributed by atoms with Gasteiger partial charge in [-0.25, -0.2) is 8.78 Å². The number of hydrogen-bond acceptors (Lipinski definition) is 2. The molecule has 1 aromatic rings. The summed E-state index contributed by atoms with van der Waals surface area (Å²) in [6.45, 7) is 9.18. The summed E-state index contributed by atoms with van der Waals surface area (Å²) in [5, 5.41) is 3.32. The van der Waals surface area contributed by atoms with Crippen LogP contribution in [0.4, 0.5) is 8.78 Å². The van der Waals surface area contributed by atoms with Crippen molar-refractivity contribution in [3.63, 3.8) is 0 Å². The van der Waals surface area contributed by atoms with E-state index in [1.165, 1.54) is 18.2 Å². The Morgan fingerprint density at radius 3 is 2.28 bits per heavy atom. The Morgan fingerprint density at radius 2 is 1.78 bits per heavy atom. The van der Waals surface area contributed by atoms with Gasteiger partial charge in [0.2, 0.25) is 0 Å². The molecular weight excluding hydrogens is 236 g/mol. The van der Waals surface area contributed by atoms with E-state index in [1.807, 2.05) is 6.92 Å². The fourth-order valence-electron chi connectivity index (χ4n) is 1.39. The van der Waals surface area contributed by atoms with Crippen LogP contribution in [0.1, 0.15) is 27.7 Å². The van der Waals surface area contributed by atoms with Gasteiger partial charge in [-0.15, -0.1) is 0 Å². The molecular formula is C14H21F2NO. The molecule has 1 unspecified atom stereocenters. The number of hydrogen-bond donors (Lipinski definition) is 1. The molecule has 102 valence electrons. The molecule has 0 spiro atoms. The zero-order valence-electron chi connectivity index (χ0n) is 11.4. The maximum atomic E-state index is 13.3. The molecule has 0 saturated heterocycles. The number of halogens is 2. The van der Waals surface area contributed by atoms with E-state index in [0.717, 1.165) is 6.54 Å². The first-order valence-electron chi connectivity index (χ1n) is 6.11. The monoisotopic (exact) mass is 257 g/mol. The Hall–Kier alpha value is -1.16. The summed E-state index contributed by atoms with van der Waals surface area (Å²) in [6, 6.07) is 3.70. The molecule has 1 atom stereocenters. The van der Waals surface area contributed by atoms with E-state index >= 15 is 0 Å². The predicted octanol–water partition coefficient (Wildman–Crippen LogP) is 3.37. The highest BCUT2D eigenvalue weighted by Crippen LogP contribution is 2.21. The Labute approximate surface area is 107 Å². The highest BCUT2D eigenvalue weighted by Gasteiger charge is 2.14. The second-order valence-corrected chi connectivity index (χ2v) is 5.60. The molecule has 0 heterocycles. The SMILES string of the molecule is CC(CNC(C)(C)C)COc1c(F)cccc1F. The second-order valence-electron chi connectivity index (χ2n) is 5.60. The first kappa shape index (κ1) is 14.9. The minimum atomic E-state index is -0.661. The van der Waals surface area contributed by atoms with Gasteiger partial charge in [0, 0.05) is 18.0 Å². The van der Waals surface area contributed by atoms with Crippen molar-refractivity contribution in [1.29, 1.82) is 0 Å². The fraction of sp³-hybridized carbons (Fsp3) is 0.571. The summed E-state index contributed by atoms with van der Waals surface area (Å²) in [5.74, 6) is -1.44. The third-order valence-corrected chi connectivity index (χ3v) is 2.41. The van der Waals surface area contributed by atoms with Crippen molar-refractivity contribution in [2.75, 3.05) is 13.2 Å². The summed E-state index contributed by atoms with van der Waals surface area (Å²) >= 11 is 0. The third-order valence-electron chi connectivity index (χ3n) is 2.41. The lowest BCUT2D eigenvalue weighted by molar-refractivity contribution is 0.226. The fourth-order valence-corrected chi connectivity index (χ4v) is 1.39. The smallest absolute Gasteiger partial charge is 0.190 e. The van der Waals surface area contributed by atoms with Crippen LogP contribution in [0.15, 0.2) is 18.2 Å². The largest absolute Gasteiger partial charge is 0.487 e. The Bertz CT molecular complexity index is 368. The molecule has 0 aromatic heterocycles. The van der Waals surface area contributed by atoms with Crippen LogP contribution in [-0.2, 0) is 0 Å². The molecule has 0 amide bonds. The number of para-hydroxylation sites is 1. The number of benzene rings is 1. The molecule has 1 rings (SSSR count). The molecule has 0 aliphatic heterocycles. The van der Waals surface area contributed by atoms with Crippen molar-refractivity contribution in [2.24, 2.45) is 5.92 Å². The lowest BCUT2D eigenvalue weighted by Crippen LogP contribution is -2.39. The van der Waals surface area contributed by atoms with Gasteiger partial charge < -0.3 is 10.1 Å². The van der Waals surface area contributed by atoms with E-state index in [2.05, 4.69) is 26.1 Å². The van der Waals surface area contributed by atoms with Gasteiger partial charge in [0.1, 0.15) is 0 Å². The van der Waals surface area contributed by atoms with Crippen molar-refractivity contribution >= 4 is 0 Å². The quantitative estimate of drug-likeness (QED) is 0.873. The molecule has 0 aliphatic carbocycles. The van der Waals surface area contributed by atoms with Crippen LogP contribution in [0.3, 0.4) is 0 Å². The molecule has 0 fully saturated rings. The van der Waals surface area contributed by atoms with Gasteiger partial charge in [0.05, 0.1) is 6.61 Å². The highest BCUT2D eigenvalue weighted by molar-refractivity contribution is 5.25. The molecule has 18 heavy (non-hydrogen) atoms. The summed E-state index contributed by atoms with van der Waals surface area (Å²) in [5.41, 5.74) is 0.0253. The van der Waals surface area contributed by atoms with E-state index in [-0.39, 0.29) is 23.8 Å². The topological polar surface area (TPSA) is 21.3 Å². The van der Waals surface area contributed by atoms with Crippen LogP contribution in [0, 0.1) is 17.6 Å². The first-order valence-corrected chi connectivity index (χ1v) is 6.11. The Balaban J connectivity index is 2.45. The van der Waals surface area contributed by atoms with Gasteiger partial charge in [0.15, 0.2) is 17.4 Å². The summed E-state index contributed by atoms with van der Waals surface area (Å²) in [7, 11) is 0. The van der Waals surface area contributed by atoms with Gasteiger partial charge in [-0.2, -0.15) is 0 Å². The first-order chi connectivity index (χ1) is 8.29. The van der Waals surface area contributed by atoms with Crippen molar-refractivity contribution in [3.8, 4) is 5.75 Å². The van der Waals surface area contributed by atoms with E-state index in [0.29, 0.717) is 0 Å². The summed E-state index contributed by atoms with van der Waals surface area (Å²) < 4.78 is 31.8. The second kappa shape index (κ2) is 6.14. The van der Waals surface area contributed by atoms with Crippen LogP contribution in [0.25, 0.3) is 0 Å². The van der Waals surface area contributed by atoms with Crippen LogP contribution >= 0.6 is 0 Å². The average molecular weight is 257 g/mol.